The molecule has 0 saturated heterocycles. The number of rotatable bonds is 4. The Bertz CT molecular complexity index is 820. The van der Waals surface area contributed by atoms with Gasteiger partial charge in [0.2, 0.25) is 0 Å². The SMILES string of the molecule is COc1ccc(NC(=S)NN=C2CCCCc3ccccc32)cc1OC. The molecular weight excluding hydrogens is 346 g/mol. The van der Waals surface area contributed by atoms with Crippen LogP contribution in [0.1, 0.15) is 30.4 Å². The van der Waals surface area contributed by atoms with Crippen LogP contribution in [-0.2, 0) is 6.42 Å². The first-order valence-electron chi connectivity index (χ1n) is 8.65. The predicted molar refractivity (Wildman–Crippen MR) is 109 cm³/mol. The third kappa shape index (κ3) is 4.32. The van der Waals surface area contributed by atoms with E-state index in [2.05, 4.69) is 40.1 Å². The molecule has 0 amide bonds. The van der Waals surface area contributed by atoms with Crippen LogP contribution in [0.2, 0.25) is 0 Å². The highest BCUT2D eigenvalue weighted by atomic mass is 32.1. The van der Waals surface area contributed by atoms with Gasteiger partial charge in [-0.3, -0.25) is 5.43 Å². The summed E-state index contributed by atoms with van der Waals surface area (Å²) in [5.41, 5.74) is 7.39. The van der Waals surface area contributed by atoms with E-state index in [1.807, 2.05) is 18.2 Å². The van der Waals surface area contributed by atoms with Crippen molar-refractivity contribution >= 4 is 28.7 Å². The summed E-state index contributed by atoms with van der Waals surface area (Å²) in [4.78, 5) is 0. The van der Waals surface area contributed by atoms with Gasteiger partial charge in [0.15, 0.2) is 16.6 Å². The highest BCUT2D eigenvalue weighted by Gasteiger charge is 2.13. The maximum atomic E-state index is 5.38. The molecule has 0 aromatic heterocycles. The quantitative estimate of drug-likeness (QED) is 0.482. The average Bonchev–Trinajstić information content (AvgIpc) is 2.88. The zero-order valence-corrected chi connectivity index (χ0v) is 15.9. The van der Waals surface area contributed by atoms with E-state index in [0.717, 1.165) is 30.7 Å². The van der Waals surface area contributed by atoms with Crippen molar-refractivity contribution in [2.45, 2.75) is 25.7 Å². The molecule has 136 valence electrons. The molecule has 2 aromatic rings. The van der Waals surface area contributed by atoms with Gasteiger partial charge in [0, 0.05) is 17.3 Å². The Morgan fingerprint density at radius 1 is 1.00 bits per heavy atom. The lowest BCUT2D eigenvalue weighted by atomic mass is 10.0. The molecule has 0 fully saturated rings. The van der Waals surface area contributed by atoms with Crippen LogP contribution in [-0.4, -0.2) is 25.0 Å². The molecule has 2 N–H and O–H groups in total. The van der Waals surface area contributed by atoms with Crippen molar-refractivity contribution in [2.24, 2.45) is 5.10 Å². The Morgan fingerprint density at radius 3 is 2.58 bits per heavy atom. The highest BCUT2D eigenvalue weighted by Crippen LogP contribution is 2.29. The highest BCUT2D eigenvalue weighted by molar-refractivity contribution is 7.80. The van der Waals surface area contributed by atoms with Gasteiger partial charge in [0.25, 0.3) is 0 Å². The van der Waals surface area contributed by atoms with Crippen LogP contribution in [0.4, 0.5) is 5.69 Å². The molecule has 0 radical (unpaired) electrons. The van der Waals surface area contributed by atoms with Gasteiger partial charge < -0.3 is 14.8 Å². The minimum absolute atomic E-state index is 0.437. The van der Waals surface area contributed by atoms with Crippen molar-refractivity contribution < 1.29 is 9.47 Å². The first kappa shape index (κ1) is 18.2. The second-order valence-corrected chi connectivity index (χ2v) is 6.47. The van der Waals surface area contributed by atoms with Gasteiger partial charge in [-0.1, -0.05) is 24.3 Å². The molecule has 6 heteroatoms. The van der Waals surface area contributed by atoms with Gasteiger partial charge in [0.05, 0.1) is 19.9 Å². The van der Waals surface area contributed by atoms with E-state index < -0.39 is 0 Å². The van der Waals surface area contributed by atoms with Crippen LogP contribution < -0.4 is 20.2 Å². The number of thiocarbonyl (C=S) groups is 1. The molecule has 1 aliphatic rings. The van der Waals surface area contributed by atoms with Crippen LogP contribution >= 0.6 is 12.2 Å². The summed E-state index contributed by atoms with van der Waals surface area (Å²) in [5, 5.41) is 8.13. The summed E-state index contributed by atoms with van der Waals surface area (Å²) < 4.78 is 10.6. The first-order chi connectivity index (χ1) is 12.7. The average molecular weight is 369 g/mol. The smallest absolute Gasteiger partial charge is 0.191 e. The molecule has 0 atom stereocenters. The lowest BCUT2D eigenvalue weighted by Crippen LogP contribution is -2.25. The molecule has 0 aliphatic heterocycles. The summed E-state index contributed by atoms with van der Waals surface area (Å²) in [6.07, 6.45) is 4.36. The Balaban J connectivity index is 1.70. The second-order valence-electron chi connectivity index (χ2n) is 6.06. The Kier molecular flexibility index (Phi) is 6.07. The number of ether oxygens (including phenoxy) is 2. The predicted octanol–water partition coefficient (Wildman–Crippen LogP) is 4.12. The zero-order valence-electron chi connectivity index (χ0n) is 15.0. The molecule has 0 spiro atoms. The summed E-state index contributed by atoms with van der Waals surface area (Å²) in [6, 6.07) is 14.0. The van der Waals surface area contributed by atoms with Gasteiger partial charge in [-0.2, -0.15) is 5.10 Å². The monoisotopic (exact) mass is 369 g/mol. The van der Waals surface area contributed by atoms with Gasteiger partial charge in [0.1, 0.15) is 0 Å². The first-order valence-corrected chi connectivity index (χ1v) is 9.06. The molecular formula is C20H23N3O2S. The summed E-state index contributed by atoms with van der Waals surface area (Å²) in [5.74, 6) is 1.32. The molecule has 0 saturated carbocycles. The fourth-order valence-corrected chi connectivity index (χ4v) is 3.23. The normalized spacial score (nSPS) is 14.9. The number of benzene rings is 2. The van der Waals surface area contributed by atoms with Gasteiger partial charge in [-0.25, -0.2) is 0 Å². The van der Waals surface area contributed by atoms with Crippen molar-refractivity contribution in [3.63, 3.8) is 0 Å². The molecule has 26 heavy (non-hydrogen) atoms. The minimum Gasteiger partial charge on any atom is -0.493 e. The third-order valence-electron chi connectivity index (χ3n) is 4.37. The van der Waals surface area contributed by atoms with Crippen LogP contribution in [0.25, 0.3) is 0 Å². The standard InChI is InChI=1S/C20H23N3O2S/c1-24-18-12-11-15(13-19(18)25-2)21-20(26)23-22-17-10-6-4-8-14-7-3-5-9-16(14)17/h3,5,7,9,11-13H,4,6,8,10H2,1-2H3,(H2,21,23,26). The van der Waals surface area contributed by atoms with Crippen LogP contribution in [0.15, 0.2) is 47.6 Å². The van der Waals surface area contributed by atoms with Crippen molar-refractivity contribution in [3.05, 3.63) is 53.6 Å². The van der Waals surface area contributed by atoms with E-state index in [0.29, 0.717) is 16.6 Å². The fraction of sp³-hybridized carbons (Fsp3) is 0.300. The minimum atomic E-state index is 0.437. The largest absolute Gasteiger partial charge is 0.493 e. The van der Waals surface area contributed by atoms with E-state index in [4.69, 9.17) is 21.7 Å². The molecule has 0 unspecified atom stereocenters. The number of fused-ring (bicyclic) bond motifs is 1. The molecule has 0 heterocycles. The number of nitrogens with zero attached hydrogens (tertiary/aromatic N) is 1. The van der Waals surface area contributed by atoms with Crippen molar-refractivity contribution in [2.75, 3.05) is 19.5 Å². The van der Waals surface area contributed by atoms with Gasteiger partial charge in [-0.15, -0.1) is 0 Å². The van der Waals surface area contributed by atoms with Crippen LogP contribution in [0.3, 0.4) is 0 Å². The Morgan fingerprint density at radius 2 is 1.77 bits per heavy atom. The maximum Gasteiger partial charge on any atom is 0.191 e. The van der Waals surface area contributed by atoms with Crippen LogP contribution in [0, 0.1) is 0 Å². The summed E-state index contributed by atoms with van der Waals surface area (Å²) in [6.45, 7) is 0. The molecule has 2 aromatic carbocycles. The number of methoxy groups -OCH3 is 2. The topological polar surface area (TPSA) is 54.9 Å². The molecule has 1 aliphatic carbocycles. The Labute approximate surface area is 159 Å². The van der Waals surface area contributed by atoms with Crippen molar-refractivity contribution in [3.8, 4) is 11.5 Å². The van der Waals surface area contributed by atoms with Crippen molar-refractivity contribution in [1.29, 1.82) is 0 Å². The second kappa shape index (κ2) is 8.67. The lowest BCUT2D eigenvalue weighted by molar-refractivity contribution is 0.355. The fourth-order valence-electron chi connectivity index (χ4n) is 3.07. The van der Waals surface area contributed by atoms with E-state index in [1.54, 1.807) is 14.2 Å². The van der Waals surface area contributed by atoms with Gasteiger partial charge in [-0.05, 0) is 55.6 Å². The number of hydrogen-bond donors (Lipinski definition) is 2. The summed E-state index contributed by atoms with van der Waals surface area (Å²) >= 11 is 5.38. The number of hydrazone groups is 1. The summed E-state index contributed by atoms with van der Waals surface area (Å²) in [7, 11) is 3.21. The molecule has 0 bridgehead atoms. The zero-order chi connectivity index (χ0) is 18.4. The lowest BCUT2D eigenvalue weighted by Gasteiger charge is -2.12. The Hall–Kier alpha value is -2.60. The van der Waals surface area contributed by atoms with Gasteiger partial charge >= 0.3 is 0 Å². The van der Waals surface area contributed by atoms with E-state index in [1.165, 1.54) is 17.5 Å². The number of nitrogens with one attached hydrogen (secondary N) is 2. The van der Waals surface area contributed by atoms with E-state index in [9.17, 15) is 0 Å². The third-order valence-corrected chi connectivity index (χ3v) is 4.57. The number of anilines is 1. The maximum absolute atomic E-state index is 5.38. The van der Waals surface area contributed by atoms with Crippen molar-refractivity contribution in [1.82, 2.24) is 5.43 Å². The molecule has 5 nitrogen and oxygen atoms in total. The number of hydrogen-bond acceptors (Lipinski definition) is 4. The van der Waals surface area contributed by atoms with Crippen LogP contribution in [0.5, 0.6) is 11.5 Å². The molecule has 3 rings (SSSR count). The van der Waals surface area contributed by atoms with E-state index >= 15 is 0 Å². The number of aryl methyl sites for hydroxylation is 1. The van der Waals surface area contributed by atoms with E-state index in [-0.39, 0.29) is 0 Å².